The monoisotopic (exact) mass is 507 g/mol. The summed E-state index contributed by atoms with van der Waals surface area (Å²) in [5, 5.41) is 16.0. The van der Waals surface area contributed by atoms with Crippen molar-refractivity contribution in [2.45, 2.75) is 44.2 Å². The number of rotatable bonds is 7. The highest BCUT2D eigenvalue weighted by atomic mass is 19.4. The van der Waals surface area contributed by atoms with E-state index >= 15 is 0 Å². The molecule has 2 aromatic rings. The zero-order chi connectivity index (χ0) is 25.7. The Labute approximate surface area is 206 Å². The number of aliphatic hydroxyl groups is 1. The summed E-state index contributed by atoms with van der Waals surface area (Å²) in [6, 6.07) is 10.3. The minimum Gasteiger partial charge on any atom is -0.493 e. The Bertz CT molecular complexity index is 1040. The lowest BCUT2D eigenvalue weighted by Crippen LogP contribution is -2.50. The number of halogens is 3. The topological polar surface area (TPSA) is 100 Å². The molecule has 1 aliphatic carbocycles. The van der Waals surface area contributed by atoms with Gasteiger partial charge in [-0.15, -0.1) is 13.2 Å². The van der Waals surface area contributed by atoms with Gasteiger partial charge in [-0.3, -0.25) is 4.79 Å². The number of nitrogens with zero attached hydrogens (tertiary/aromatic N) is 1. The van der Waals surface area contributed by atoms with E-state index < -0.39 is 30.3 Å². The molecule has 1 aliphatic heterocycles. The number of carbonyl (C=O) groups is 2. The van der Waals surface area contributed by atoms with Crippen LogP contribution in [0.5, 0.6) is 11.5 Å². The predicted molar refractivity (Wildman–Crippen MR) is 125 cm³/mol. The molecule has 0 radical (unpaired) electrons. The summed E-state index contributed by atoms with van der Waals surface area (Å²) in [6.45, 7) is 1.08. The van der Waals surface area contributed by atoms with Crippen molar-refractivity contribution >= 4 is 17.6 Å². The van der Waals surface area contributed by atoms with E-state index in [0.717, 1.165) is 12.1 Å². The number of benzene rings is 2. The summed E-state index contributed by atoms with van der Waals surface area (Å²) in [5.74, 6) is 0.528. The Kier molecular flexibility index (Phi) is 7.88. The lowest BCUT2D eigenvalue weighted by molar-refractivity contribution is -0.274. The summed E-state index contributed by atoms with van der Waals surface area (Å²) in [4.78, 5) is 27.0. The van der Waals surface area contributed by atoms with E-state index in [1.165, 1.54) is 29.9 Å². The molecule has 2 atom stereocenters. The molecule has 2 fully saturated rings. The van der Waals surface area contributed by atoms with Crippen LogP contribution >= 0.6 is 0 Å². The van der Waals surface area contributed by atoms with Crippen LogP contribution in [-0.2, 0) is 0 Å². The van der Waals surface area contributed by atoms with E-state index in [0.29, 0.717) is 43.2 Å². The molecule has 1 saturated heterocycles. The van der Waals surface area contributed by atoms with Crippen LogP contribution in [0.1, 0.15) is 36.0 Å². The highest BCUT2D eigenvalue weighted by molar-refractivity contribution is 5.94. The number of nitrogens with one attached hydrogen (secondary N) is 2. The van der Waals surface area contributed by atoms with Gasteiger partial charge in [0, 0.05) is 24.3 Å². The van der Waals surface area contributed by atoms with Crippen LogP contribution in [0.2, 0.25) is 0 Å². The van der Waals surface area contributed by atoms with Crippen LogP contribution in [-0.4, -0.2) is 60.1 Å². The van der Waals surface area contributed by atoms with Crippen LogP contribution < -0.4 is 20.1 Å². The molecule has 1 heterocycles. The molecule has 2 aliphatic rings. The van der Waals surface area contributed by atoms with Gasteiger partial charge in [0.1, 0.15) is 11.5 Å². The van der Waals surface area contributed by atoms with Crippen molar-refractivity contribution in [3.8, 4) is 11.5 Å². The lowest BCUT2D eigenvalue weighted by Gasteiger charge is -2.27. The Morgan fingerprint density at radius 1 is 1.00 bits per heavy atom. The van der Waals surface area contributed by atoms with Crippen molar-refractivity contribution in [2.24, 2.45) is 5.92 Å². The number of alkyl halides is 3. The van der Waals surface area contributed by atoms with E-state index in [9.17, 15) is 27.9 Å². The van der Waals surface area contributed by atoms with Crippen LogP contribution in [0.15, 0.2) is 48.5 Å². The van der Waals surface area contributed by atoms with E-state index in [1.807, 2.05) is 0 Å². The summed E-state index contributed by atoms with van der Waals surface area (Å²) in [6.07, 6.45) is -2.36. The normalized spacial score (nSPS) is 20.3. The third kappa shape index (κ3) is 7.51. The van der Waals surface area contributed by atoms with Gasteiger partial charge in [-0.1, -0.05) is 0 Å². The smallest absolute Gasteiger partial charge is 0.493 e. The molecule has 2 unspecified atom stereocenters. The zero-order valence-electron chi connectivity index (χ0n) is 19.5. The van der Waals surface area contributed by atoms with Gasteiger partial charge in [-0.05, 0) is 80.1 Å². The number of carbonyl (C=O) groups excluding carboxylic acids is 2. The lowest BCUT2D eigenvalue weighted by atomic mass is 10.1. The number of ether oxygens (including phenoxy) is 2. The molecular formula is C25H28F3N3O5. The fraction of sp³-hybridized carbons (Fsp3) is 0.440. The minimum atomic E-state index is -4.80. The molecule has 11 heteroatoms. The largest absolute Gasteiger partial charge is 0.573 e. The molecule has 8 nitrogen and oxygen atoms in total. The van der Waals surface area contributed by atoms with E-state index in [1.54, 1.807) is 24.3 Å². The van der Waals surface area contributed by atoms with Gasteiger partial charge in [0.2, 0.25) is 0 Å². The molecule has 0 bridgehead atoms. The number of amides is 3. The van der Waals surface area contributed by atoms with Crippen molar-refractivity contribution in [3.05, 3.63) is 54.1 Å². The fourth-order valence-corrected chi connectivity index (χ4v) is 3.86. The van der Waals surface area contributed by atoms with Gasteiger partial charge < -0.3 is 30.1 Å². The SMILES string of the molecule is O=C(NC1CN(C(=O)Nc2ccc(OC(F)(F)F)cc2)CCCC1O)c1ccc(OCC2CC2)cc1. The first kappa shape index (κ1) is 25.6. The van der Waals surface area contributed by atoms with Crippen molar-refractivity contribution in [1.82, 2.24) is 10.2 Å². The van der Waals surface area contributed by atoms with Crippen molar-refractivity contribution in [2.75, 3.05) is 25.0 Å². The second kappa shape index (κ2) is 11.1. The Morgan fingerprint density at radius 2 is 1.67 bits per heavy atom. The Balaban J connectivity index is 1.32. The number of urea groups is 1. The maximum atomic E-state index is 12.8. The van der Waals surface area contributed by atoms with E-state index in [4.69, 9.17) is 4.74 Å². The van der Waals surface area contributed by atoms with Crippen molar-refractivity contribution in [1.29, 1.82) is 0 Å². The minimum absolute atomic E-state index is 0.0661. The average Bonchev–Trinajstić information content (AvgIpc) is 3.67. The average molecular weight is 508 g/mol. The van der Waals surface area contributed by atoms with Gasteiger partial charge in [0.05, 0.1) is 18.8 Å². The van der Waals surface area contributed by atoms with Crippen molar-refractivity contribution < 1.29 is 37.3 Å². The number of anilines is 1. The number of hydrogen-bond donors (Lipinski definition) is 3. The summed E-state index contributed by atoms with van der Waals surface area (Å²) in [5.41, 5.74) is 0.686. The molecule has 1 saturated carbocycles. The molecule has 0 spiro atoms. The second-order valence-electron chi connectivity index (χ2n) is 9.02. The van der Waals surface area contributed by atoms with Gasteiger partial charge in [0.25, 0.3) is 5.91 Å². The molecule has 3 amide bonds. The highest BCUT2D eigenvalue weighted by Gasteiger charge is 2.31. The quantitative estimate of drug-likeness (QED) is 0.523. The van der Waals surface area contributed by atoms with Crippen LogP contribution in [0, 0.1) is 5.92 Å². The standard InChI is InChI=1S/C25H28F3N3O5/c26-25(27,28)36-20-11-7-18(8-12-20)29-24(34)31-13-1-2-22(32)21(14-31)30-23(33)17-5-9-19(10-6-17)35-15-16-3-4-16/h5-12,16,21-22,32H,1-4,13-15H2,(H,29,34)(H,30,33). The molecule has 194 valence electrons. The van der Waals surface area contributed by atoms with E-state index in [2.05, 4.69) is 15.4 Å². The molecule has 36 heavy (non-hydrogen) atoms. The maximum Gasteiger partial charge on any atom is 0.573 e. The Morgan fingerprint density at radius 3 is 2.31 bits per heavy atom. The van der Waals surface area contributed by atoms with Gasteiger partial charge >= 0.3 is 12.4 Å². The summed E-state index contributed by atoms with van der Waals surface area (Å²) in [7, 11) is 0. The van der Waals surface area contributed by atoms with Crippen LogP contribution in [0.3, 0.4) is 0 Å². The third-order valence-corrected chi connectivity index (χ3v) is 6.05. The second-order valence-corrected chi connectivity index (χ2v) is 9.02. The molecule has 0 aromatic heterocycles. The number of aliphatic hydroxyl groups excluding tert-OH is 1. The molecular weight excluding hydrogens is 479 g/mol. The third-order valence-electron chi connectivity index (χ3n) is 6.05. The molecule has 4 rings (SSSR count). The predicted octanol–water partition coefficient (Wildman–Crippen LogP) is 4.16. The van der Waals surface area contributed by atoms with Gasteiger partial charge in [0.15, 0.2) is 0 Å². The summed E-state index contributed by atoms with van der Waals surface area (Å²) >= 11 is 0. The van der Waals surface area contributed by atoms with Crippen LogP contribution in [0.4, 0.5) is 23.7 Å². The van der Waals surface area contributed by atoms with Crippen molar-refractivity contribution in [3.63, 3.8) is 0 Å². The first-order valence-electron chi connectivity index (χ1n) is 11.8. The van der Waals surface area contributed by atoms with Crippen LogP contribution in [0.25, 0.3) is 0 Å². The first-order valence-corrected chi connectivity index (χ1v) is 11.8. The Hall–Kier alpha value is -3.47. The maximum absolute atomic E-state index is 12.8. The zero-order valence-corrected chi connectivity index (χ0v) is 19.5. The van der Waals surface area contributed by atoms with Gasteiger partial charge in [-0.2, -0.15) is 0 Å². The fourth-order valence-electron chi connectivity index (χ4n) is 3.86. The number of likely N-dealkylation sites (tertiary alicyclic amines) is 1. The number of hydrogen-bond acceptors (Lipinski definition) is 5. The molecule has 2 aromatic carbocycles. The van der Waals surface area contributed by atoms with Gasteiger partial charge in [-0.25, -0.2) is 4.79 Å². The summed E-state index contributed by atoms with van der Waals surface area (Å²) < 4.78 is 46.5. The highest BCUT2D eigenvalue weighted by Crippen LogP contribution is 2.29. The molecule has 3 N–H and O–H groups in total. The first-order chi connectivity index (χ1) is 17.2. The van der Waals surface area contributed by atoms with E-state index in [-0.39, 0.29) is 18.1 Å².